The third kappa shape index (κ3) is 3.67. The smallest absolute Gasteiger partial charge is 0.311 e. The van der Waals surface area contributed by atoms with E-state index in [2.05, 4.69) is 9.88 Å². The second-order valence-electron chi connectivity index (χ2n) is 3.46. The molecule has 0 aliphatic heterocycles. The van der Waals surface area contributed by atoms with Crippen molar-refractivity contribution in [2.45, 2.75) is 5.03 Å². The molecular weight excluding hydrogens is 228 g/mol. The molecule has 0 aliphatic rings. The van der Waals surface area contributed by atoms with Crippen molar-refractivity contribution in [1.29, 1.82) is 0 Å². The average Bonchev–Trinajstić information content (AvgIpc) is 2.16. The van der Waals surface area contributed by atoms with Crippen molar-refractivity contribution in [2.24, 2.45) is 0 Å². The molecule has 6 nitrogen and oxygen atoms in total. The van der Waals surface area contributed by atoms with Gasteiger partial charge in [-0.1, -0.05) is 0 Å². The van der Waals surface area contributed by atoms with Gasteiger partial charge in [0.15, 0.2) is 0 Å². The van der Waals surface area contributed by atoms with Crippen molar-refractivity contribution < 1.29 is 4.92 Å². The summed E-state index contributed by atoms with van der Waals surface area (Å²) in [7, 11) is 3.97. The van der Waals surface area contributed by atoms with Crippen LogP contribution in [0.2, 0.25) is 0 Å². The minimum atomic E-state index is -0.531. The number of nitrogens with zero attached hydrogens (tertiary/aromatic N) is 3. The third-order valence-corrected chi connectivity index (χ3v) is 2.77. The summed E-state index contributed by atoms with van der Waals surface area (Å²) in [6, 6.07) is 3.01. The van der Waals surface area contributed by atoms with Crippen LogP contribution in [0.1, 0.15) is 0 Å². The van der Waals surface area contributed by atoms with Gasteiger partial charge in [0.1, 0.15) is 0 Å². The Morgan fingerprint density at radius 3 is 2.75 bits per heavy atom. The lowest BCUT2D eigenvalue weighted by Gasteiger charge is -2.08. The van der Waals surface area contributed by atoms with Crippen LogP contribution in [-0.4, -0.2) is 41.2 Å². The first-order valence-electron chi connectivity index (χ1n) is 4.69. The summed E-state index contributed by atoms with van der Waals surface area (Å²) in [6.45, 7) is 0.920. The van der Waals surface area contributed by atoms with Gasteiger partial charge in [-0.2, -0.15) is 0 Å². The van der Waals surface area contributed by atoms with Gasteiger partial charge in [-0.05, 0) is 20.2 Å². The minimum Gasteiger partial charge on any atom is -0.378 e. The number of hydrogen-bond donors (Lipinski definition) is 1. The molecule has 7 heteroatoms. The third-order valence-electron chi connectivity index (χ3n) is 1.86. The Hall–Kier alpha value is -1.34. The van der Waals surface area contributed by atoms with E-state index in [1.165, 1.54) is 17.8 Å². The largest absolute Gasteiger partial charge is 0.378 e. The zero-order valence-electron chi connectivity index (χ0n) is 9.21. The number of nitro groups is 1. The second-order valence-corrected chi connectivity index (χ2v) is 4.58. The summed E-state index contributed by atoms with van der Waals surface area (Å²) in [4.78, 5) is 16.0. The standard InChI is InChI=1S/C9H14N4O2S/c1-12(2)5-6-16-8-4-3-7(13(14)15)9(10)11-8/h3-4H,5-6H2,1-2H3,(H2,10,11). The second kappa shape index (κ2) is 5.66. The van der Waals surface area contributed by atoms with Gasteiger partial charge in [-0.25, -0.2) is 4.98 Å². The molecule has 2 N–H and O–H groups in total. The van der Waals surface area contributed by atoms with E-state index < -0.39 is 4.92 Å². The van der Waals surface area contributed by atoms with E-state index in [-0.39, 0.29) is 11.5 Å². The molecule has 0 bridgehead atoms. The summed E-state index contributed by atoms with van der Waals surface area (Å²) >= 11 is 1.53. The number of nitrogen functional groups attached to an aromatic ring is 1. The number of rotatable bonds is 5. The normalized spacial score (nSPS) is 10.7. The van der Waals surface area contributed by atoms with Crippen molar-refractivity contribution in [1.82, 2.24) is 9.88 Å². The van der Waals surface area contributed by atoms with Crippen LogP contribution in [0.5, 0.6) is 0 Å². The van der Waals surface area contributed by atoms with Crippen LogP contribution in [0, 0.1) is 10.1 Å². The minimum absolute atomic E-state index is 0.0279. The molecule has 16 heavy (non-hydrogen) atoms. The van der Waals surface area contributed by atoms with E-state index in [1.807, 2.05) is 14.1 Å². The van der Waals surface area contributed by atoms with Gasteiger partial charge in [0.25, 0.3) is 0 Å². The first-order chi connectivity index (χ1) is 7.50. The number of anilines is 1. The van der Waals surface area contributed by atoms with Crippen molar-refractivity contribution in [2.75, 3.05) is 32.1 Å². The molecule has 1 heterocycles. The summed E-state index contributed by atoms with van der Waals surface area (Å²) in [5, 5.41) is 11.2. The molecule has 0 aromatic carbocycles. The number of pyridine rings is 1. The summed E-state index contributed by atoms with van der Waals surface area (Å²) in [5.74, 6) is 0.844. The number of hydrogen-bond acceptors (Lipinski definition) is 6. The maximum atomic E-state index is 10.5. The Balaban J connectivity index is 2.63. The number of aromatic nitrogens is 1. The first kappa shape index (κ1) is 12.7. The molecule has 88 valence electrons. The fourth-order valence-electron chi connectivity index (χ4n) is 1.02. The monoisotopic (exact) mass is 242 g/mol. The lowest BCUT2D eigenvalue weighted by Crippen LogP contribution is -2.14. The Morgan fingerprint density at radius 2 is 2.25 bits per heavy atom. The molecule has 0 atom stereocenters. The zero-order valence-corrected chi connectivity index (χ0v) is 10.0. The van der Waals surface area contributed by atoms with Gasteiger partial charge in [-0.3, -0.25) is 10.1 Å². The zero-order chi connectivity index (χ0) is 12.1. The van der Waals surface area contributed by atoms with Gasteiger partial charge in [-0.15, -0.1) is 11.8 Å². The van der Waals surface area contributed by atoms with E-state index in [4.69, 9.17) is 5.73 Å². The van der Waals surface area contributed by atoms with Gasteiger partial charge >= 0.3 is 5.69 Å². The molecule has 0 unspecified atom stereocenters. The Kier molecular flexibility index (Phi) is 4.51. The van der Waals surface area contributed by atoms with Gasteiger partial charge in [0.05, 0.1) is 9.95 Å². The summed E-state index contributed by atoms with van der Waals surface area (Å²) in [6.07, 6.45) is 0. The van der Waals surface area contributed by atoms with Crippen LogP contribution >= 0.6 is 11.8 Å². The van der Waals surface area contributed by atoms with Crippen molar-refractivity contribution >= 4 is 23.3 Å². The summed E-state index contributed by atoms with van der Waals surface area (Å²) in [5.41, 5.74) is 5.34. The maximum absolute atomic E-state index is 10.5. The molecule has 0 aliphatic carbocycles. The molecule has 1 aromatic rings. The van der Waals surface area contributed by atoms with E-state index >= 15 is 0 Å². The van der Waals surface area contributed by atoms with Crippen LogP contribution in [-0.2, 0) is 0 Å². The quantitative estimate of drug-likeness (QED) is 0.475. The fourth-order valence-corrected chi connectivity index (χ4v) is 2.01. The molecule has 1 aromatic heterocycles. The van der Waals surface area contributed by atoms with Gasteiger partial charge < -0.3 is 10.6 Å². The van der Waals surface area contributed by atoms with Crippen LogP contribution in [0.3, 0.4) is 0 Å². The maximum Gasteiger partial charge on any atom is 0.311 e. The SMILES string of the molecule is CN(C)CCSc1ccc([N+](=O)[O-])c(N)n1. The number of nitrogens with two attached hydrogens (primary N) is 1. The topological polar surface area (TPSA) is 85.3 Å². The summed E-state index contributed by atoms with van der Waals surface area (Å²) < 4.78 is 0. The van der Waals surface area contributed by atoms with Crippen LogP contribution in [0.25, 0.3) is 0 Å². The Labute approximate surface area is 98.0 Å². The molecule has 0 spiro atoms. The fraction of sp³-hybridized carbons (Fsp3) is 0.444. The van der Waals surface area contributed by atoms with E-state index in [9.17, 15) is 10.1 Å². The highest BCUT2D eigenvalue weighted by atomic mass is 32.2. The van der Waals surface area contributed by atoms with Crippen molar-refractivity contribution in [3.63, 3.8) is 0 Å². The predicted molar refractivity (Wildman–Crippen MR) is 64.6 cm³/mol. The van der Waals surface area contributed by atoms with Crippen LogP contribution < -0.4 is 5.73 Å². The highest BCUT2D eigenvalue weighted by Crippen LogP contribution is 2.23. The molecular formula is C9H14N4O2S. The average molecular weight is 242 g/mol. The molecule has 0 saturated carbocycles. The van der Waals surface area contributed by atoms with Gasteiger partial charge in [0, 0.05) is 18.4 Å². The lowest BCUT2D eigenvalue weighted by atomic mass is 10.4. The van der Waals surface area contributed by atoms with Crippen molar-refractivity contribution in [3.8, 4) is 0 Å². The molecule has 0 radical (unpaired) electrons. The van der Waals surface area contributed by atoms with Crippen LogP contribution in [0.15, 0.2) is 17.2 Å². The Bertz CT molecular complexity index is 384. The van der Waals surface area contributed by atoms with E-state index in [1.54, 1.807) is 6.07 Å². The molecule has 0 saturated heterocycles. The van der Waals surface area contributed by atoms with Crippen LogP contribution in [0.4, 0.5) is 11.5 Å². The van der Waals surface area contributed by atoms with Gasteiger partial charge in [0.2, 0.25) is 5.82 Å². The molecule has 0 fully saturated rings. The first-order valence-corrected chi connectivity index (χ1v) is 5.67. The van der Waals surface area contributed by atoms with E-state index in [0.717, 1.165) is 12.3 Å². The molecule has 1 rings (SSSR count). The Morgan fingerprint density at radius 1 is 1.56 bits per heavy atom. The van der Waals surface area contributed by atoms with Crippen molar-refractivity contribution in [3.05, 3.63) is 22.2 Å². The van der Waals surface area contributed by atoms with E-state index in [0.29, 0.717) is 5.03 Å². The highest BCUT2D eigenvalue weighted by Gasteiger charge is 2.12. The predicted octanol–water partition coefficient (Wildman–Crippen LogP) is 1.23. The lowest BCUT2D eigenvalue weighted by molar-refractivity contribution is -0.384. The molecule has 0 amide bonds. The number of thioether (sulfide) groups is 1. The highest BCUT2D eigenvalue weighted by molar-refractivity contribution is 7.99.